The normalized spacial score (nSPS) is 16.0. The lowest BCUT2D eigenvalue weighted by Gasteiger charge is -2.21. The van der Waals surface area contributed by atoms with Crippen LogP contribution in [-0.2, 0) is 11.2 Å². The second kappa shape index (κ2) is 5.96. The summed E-state index contributed by atoms with van der Waals surface area (Å²) in [4.78, 5) is 16.2. The summed E-state index contributed by atoms with van der Waals surface area (Å²) in [7, 11) is 0. The number of nitrogens with one attached hydrogen (secondary N) is 1. The van der Waals surface area contributed by atoms with Crippen LogP contribution >= 0.6 is 0 Å². The molecule has 1 amide bonds. The van der Waals surface area contributed by atoms with Gasteiger partial charge in [0.05, 0.1) is 5.69 Å². The number of rotatable bonds is 6. The number of hydrogen-bond acceptors (Lipinski definition) is 3. The van der Waals surface area contributed by atoms with Gasteiger partial charge in [0.25, 0.3) is 5.92 Å². The van der Waals surface area contributed by atoms with E-state index in [1.807, 2.05) is 0 Å². The van der Waals surface area contributed by atoms with Gasteiger partial charge in [-0.25, -0.2) is 18.2 Å². The minimum Gasteiger partial charge on any atom is -0.444 e. The van der Waals surface area contributed by atoms with Crippen LogP contribution in [0.3, 0.4) is 0 Å². The van der Waals surface area contributed by atoms with E-state index in [2.05, 4.69) is 10.3 Å². The number of benzene rings is 1. The SMILES string of the molecule is CC(F)(F)C1(C(=O)NCCc2coc(-c3ccc(F)cc3)n2)CC1. The minimum atomic E-state index is -3.01. The van der Waals surface area contributed by atoms with E-state index in [4.69, 9.17) is 4.42 Å². The molecule has 7 heteroatoms. The van der Waals surface area contributed by atoms with Crippen LogP contribution in [0, 0.1) is 11.2 Å². The van der Waals surface area contributed by atoms with E-state index in [-0.39, 0.29) is 25.2 Å². The van der Waals surface area contributed by atoms with E-state index in [0.717, 1.165) is 6.92 Å². The van der Waals surface area contributed by atoms with Crippen molar-refractivity contribution in [1.82, 2.24) is 10.3 Å². The first-order valence-corrected chi connectivity index (χ1v) is 7.68. The molecule has 3 rings (SSSR count). The molecule has 0 atom stereocenters. The number of aromatic nitrogens is 1. The third kappa shape index (κ3) is 3.16. The van der Waals surface area contributed by atoms with Crippen molar-refractivity contribution in [3.8, 4) is 11.5 Å². The van der Waals surface area contributed by atoms with E-state index >= 15 is 0 Å². The van der Waals surface area contributed by atoms with Gasteiger partial charge < -0.3 is 9.73 Å². The zero-order valence-electron chi connectivity index (χ0n) is 13.1. The fourth-order valence-electron chi connectivity index (χ4n) is 2.61. The van der Waals surface area contributed by atoms with Crippen LogP contribution in [0.25, 0.3) is 11.5 Å². The van der Waals surface area contributed by atoms with Gasteiger partial charge >= 0.3 is 0 Å². The molecule has 1 saturated carbocycles. The van der Waals surface area contributed by atoms with Gasteiger partial charge in [0, 0.05) is 25.5 Å². The monoisotopic (exact) mass is 338 g/mol. The first kappa shape index (κ1) is 16.5. The summed E-state index contributed by atoms with van der Waals surface area (Å²) in [6, 6.07) is 5.71. The Bertz CT molecular complexity index is 731. The summed E-state index contributed by atoms with van der Waals surface area (Å²) in [6.45, 7) is 0.984. The molecule has 1 N–H and O–H groups in total. The van der Waals surface area contributed by atoms with Crippen LogP contribution in [-0.4, -0.2) is 23.4 Å². The van der Waals surface area contributed by atoms with Gasteiger partial charge in [-0.05, 0) is 37.1 Å². The fourth-order valence-corrected chi connectivity index (χ4v) is 2.61. The van der Waals surface area contributed by atoms with E-state index in [9.17, 15) is 18.0 Å². The highest BCUT2D eigenvalue weighted by Gasteiger charge is 2.64. The van der Waals surface area contributed by atoms with Gasteiger partial charge in [-0.3, -0.25) is 4.79 Å². The molecule has 24 heavy (non-hydrogen) atoms. The van der Waals surface area contributed by atoms with Crippen molar-refractivity contribution >= 4 is 5.91 Å². The third-order valence-corrected chi connectivity index (χ3v) is 4.33. The Morgan fingerprint density at radius 3 is 2.58 bits per heavy atom. The maximum Gasteiger partial charge on any atom is 0.259 e. The first-order valence-electron chi connectivity index (χ1n) is 7.68. The van der Waals surface area contributed by atoms with Gasteiger partial charge in [-0.15, -0.1) is 0 Å². The van der Waals surface area contributed by atoms with E-state index in [1.54, 1.807) is 12.1 Å². The lowest BCUT2D eigenvalue weighted by atomic mass is 9.98. The zero-order chi connectivity index (χ0) is 17.4. The first-order chi connectivity index (χ1) is 11.3. The average Bonchev–Trinajstić information content (AvgIpc) is 3.23. The average molecular weight is 338 g/mol. The van der Waals surface area contributed by atoms with Crippen molar-refractivity contribution in [3.05, 3.63) is 42.0 Å². The van der Waals surface area contributed by atoms with Gasteiger partial charge in [0.2, 0.25) is 11.8 Å². The molecule has 1 heterocycles. The van der Waals surface area contributed by atoms with Crippen molar-refractivity contribution in [1.29, 1.82) is 0 Å². The van der Waals surface area contributed by atoms with E-state index in [0.29, 0.717) is 23.6 Å². The van der Waals surface area contributed by atoms with Crippen molar-refractivity contribution in [2.75, 3.05) is 6.54 Å². The Labute approximate surface area is 137 Å². The van der Waals surface area contributed by atoms with Crippen LogP contribution in [0.15, 0.2) is 34.9 Å². The van der Waals surface area contributed by atoms with Crippen LogP contribution in [0.2, 0.25) is 0 Å². The molecule has 2 aromatic rings. The van der Waals surface area contributed by atoms with Gasteiger partial charge in [-0.1, -0.05) is 0 Å². The summed E-state index contributed by atoms with van der Waals surface area (Å²) in [5.41, 5.74) is -0.326. The topological polar surface area (TPSA) is 55.1 Å². The highest BCUT2D eigenvalue weighted by atomic mass is 19.3. The van der Waals surface area contributed by atoms with Crippen molar-refractivity contribution in [2.24, 2.45) is 5.41 Å². The number of oxazole rings is 1. The molecule has 1 fully saturated rings. The van der Waals surface area contributed by atoms with Crippen LogP contribution in [0.5, 0.6) is 0 Å². The zero-order valence-corrected chi connectivity index (χ0v) is 13.1. The van der Waals surface area contributed by atoms with Crippen molar-refractivity contribution in [2.45, 2.75) is 32.1 Å². The highest BCUT2D eigenvalue weighted by Crippen LogP contribution is 2.56. The van der Waals surface area contributed by atoms with Gasteiger partial charge in [-0.2, -0.15) is 0 Å². The second-order valence-corrected chi connectivity index (χ2v) is 6.13. The third-order valence-electron chi connectivity index (χ3n) is 4.33. The second-order valence-electron chi connectivity index (χ2n) is 6.13. The molecular weight excluding hydrogens is 321 g/mol. The minimum absolute atomic E-state index is 0.200. The highest BCUT2D eigenvalue weighted by molar-refractivity contribution is 5.86. The van der Waals surface area contributed by atoms with Crippen LogP contribution in [0.1, 0.15) is 25.5 Å². The Morgan fingerprint density at radius 1 is 1.33 bits per heavy atom. The molecule has 0 saturated heterocycles. The molecule has 1 aromatic heterocycles. The Hall–Kier alpha value is -2.31. The fraction of sp³-hybridized carbons (Fsp3) is 0.412. The summed E-state index contributed by atoms with van der Waals surface area (Å²) < 4.78 is 45.1. The van der Waals surface area contributed by atoms with Crippen LogP contribution < -0.4 is 5.32 Å². The standard InChI is InChI=1S/C17H17F3N2O2/c1-16(19,20)17(7-8-17)15(23)21-9-6-13-10-24-14(22-13)11-2-4-12(18)5-3-11/h2-5,10H,6-9H2,1H3,(H,21,23). The molecule has 128 valence electrons. The van der Waals surface area contributed by atoms with Crippen LogP contribution in [0.4, 0.5) is 13.2 Å². The molecule has 0 spiro atoms. The molecule has 0 unspecified atom stereocenters. The molecule has 0 aliphatic heterocycles. The largest absolute Gasteiger partial charge is 0.444 e. The predicted molar refractivity (Wildman–Crippen MR) is 80.9 cm³/mol. The molecule has 4 nitrogen and oxygen atoms in total. The number of amides is 1. The maximum atomic E-state index is 13.5. The maximum absolute atomic E-state index is 13.5. The number of nitrogens with zero attached hydrogens (tertiary/aromatic N) is 1. The summed E-state index contributed by atoms with van der Waals surface area (Å²) >= 11 is 0. The number of halogens is 3. The van der Waals surface area contributed by atoms with Gasteiger partial charge in [0.1, 0.15) is 17.5 Å². The smallest absolute Gasteiger partial charge is 0.259 e. The molecule has 1 aliphatic carbocycles. The predicted octanol–water partition coefficient (Wildman–Crippen LogP) is 3.57. The van der Waals surface area contributed by atoms with E-state index < -0.39 is 17.2 Å². The van der Waals surface area contributed by atoms with Crippen molar-refractivity contribution < 1.29 is 22.4 Å². The quantitative estimate of drug-likeness (QED) is 0.876. The number of carbonyl (C=O) groups is 1. The van der Waals surface area contributed by atoms with Gasteiger partial charge in [0.15, 0.2) is 0 Å². The molecule has 0 bridgehead atoms. The Kier molecular flexibility index (Phi) is 4.11. The molecule has 1 aromatic carbocycles. The number of hydrogen-bond donors (Lipinski definition) is 1. The number of alkyl halides is 2. The lowest BCUT2D eigenvalue weighted by Crippen LogP contribution is -2.42. The lowest BCUT2D eigenvalue weighted by molar-refractivity contribution is -0.141. The van der Waals surface area contributed by atoms with E-state index in [1.165, 1.54) is 18.4 Å². The molecule has 1 aliphatic rings. The Morgan fingerprint density at radius 2 is 2.00 bits per heavy atom. The van der Waals surface area contributed by atoms with Crippen molar-refractivity contribution in [3.63, 3.8) is 0 Å². The molecule has 0 radical (unpaired) electrons. The Balaban J connectivity index is 1.55. The summed E-state index contributed by atoms with van der Waals surface area (Å²) in [5, 5.41) is 2.55. The number of carbonyl (C=O) groups excluding carboxylic acids is 1. The summed E-state index contributed by atoms with van der Waals surface area (Å²) in [6.07, 6.45) is 2.22. The molecular formula is C17H17F3N2O2. The summed E-state index contributed by atoms with van der Waals surface area (Å²) in [5.74, 6) is -3.64.